The Kier molecular flexibility index (Phi) is 52.3. The molecule has 1 unspecified atom stereocenters. The number of hydrogen-bond acceptors (Lipinski definition) is 6. The Morgan fingerprint density at radius 3 is 0.879 bits per heavy atom. The maximum absolute atomic E-state index is 12.8. The largest absolute Gasteiger partial charge is 0.462 e. The molecule has 0 bridgehead atoms. The molecule has 0 spiro atoms. The Hall–Kier alpha value is -2.89. The predicted octanol–water partition coefficient (Wildman–Crippen LogP) is 18.8. The molecule has 0 saturated heterocycles. The van der Waals surface area contributed by atoms with Crippen LogP contribution in [0.2, 0.25) is 0 Å². The molecule has 0 heterocycles. The van der Waals surface area contributed by atoms with Crippen LogP contribution in [-0.2, 0) is 28.6 Å². The SMILES string of the molecule is CCCCC/C=C\C/C=C\C/C=C\CCCCCCCCC(=O)OC(COC(=O)CCCCCCCCCC)COC(=O)CCCCCCCCCCC/C=C\C/C=C\CCCCCCC. The van der Waals surface area contributed by atoms with E-state index >= 15 is 0 Å². The van der Waals surface area contributed by atoms with Gasteiger partial charge in [-0.05, 0) is 89.9 Å². The van der Waals surface area contributed by atoms with E-state index in [1.54, 1.807) is 0 Å². The summed E-state index contributed by atoms with van der Waals surface area (Å²) in [5.74, 6) is -0.893. The highest BCUT2D eigenvalue weighted by Gasteiger charge is 2.19. The highest BCUT2D eigenvalue weighted by molar-refractivity contribution is 5.71. The number of unbranched alkanes of at least 4 members (excludes halogenated alkanes) is 30. The molecule has 0 amide bonds. The van der Waals surface area contributed by atoms with Crippen molar-refractivity contribution < 1.29 is 28.6 Å². The monoisotopic (exact) mass is 923 g/mol. The lowest BCUT2D eigenvalue weighted by Gasteiger charge is -2.18. The third kappa shape index (κ3) is 52.1. The minimum absolute atomic E-state index is 0.0796. The van der Waals surface area contributed by atoms with Gasteiger partial charge in [0.25, 0.3) is 0 Å². The molecular formula is C60H106O6. The third-order valence-corrected chi connectivity index (χ3v) is 12.2. The molecule has 0 aromatic heterocycles. The minimum Gasteiger partial charge on any atom is -0.462 e. The molecule has 0 rings (SSSR count). The van der Waals surface area contributed by atoms with E-state index in [0.717, 1.165) is 89.9 Å². The summed E-state index contributed by atoms with van der Waals surface area (Å²) in [5.41, 5.74) is 0. The van der Waals surface area contributed by atoms with Gasteiger partial charge in [-0.15, -0.1) is 0 Å². The number of esters is 3. The topological polar surface area (TPSA) is 78.9 Å². The van der Waals surface area contributed by atoms with Crippen LogP contribution in [0.15, 0.2) is 60.8 Å². The molecule has 0 N–H and O–H groups in total. The molecule has 382 valence electrons. The Labute approximate surface area is 409 Å². The van der Waals surface area contributed by atoms with Gasteiger partial charge in [-0.1, -0.05) is 236 Å². The molecule has 0 radical (unpaired) electrons. The predicted molar refractivity (Wildman–Crippen MR) is 284 cm³/mol. The highest BCUT2D eigenvalue weighted by Crippen LogP contribution is 2.15. The van der Waals surface area contributed by atoms with Crippen LogP contribution in [0.4, 0.5) is 0 Å². The van der Waals surface area contributed by atoms with E-state index in [1.807, 2.05) is 0 Å². The van der Waals surface area contributed by atoms with E-state index < -0.39 is 6.10 Å². The van der Waals surface area contributed by atoms with Crippen molar-refractivity contribution >= 4 is 17.9 Å². The van der Waals surface area contributed by atoms with Crippen molar-refractivity contribution in [1.82, 2.24) is 0 Å². The normalized spacial score (nSPS) is 12.5. The second-order valence-corrected chi connectivity index (χ2v) is 18.8. The zero-order valence-electron chi connectivity index (χ0n) is 43.7. The summed E-state index contributed by atoms with van der Waals surface area (Å²) in [6.45, 7) is 6.58. The van der Waals surface area contributed by atoms with Crippen molar-refractivity contribution in [1.29, 1.82) is 0 Å². The lowest BCUT2D eigenvalue weighted by Crippen LogP contribution is -2.30. The van der Waals surface area contributed by atoms with E-state index in [0.29, 0.717) is 19.3 Å². The molecule has 0 aromatic carbocycles. The maximum atomic E-state index is 12.8. The van der Waals surface area contributed by atoms with Crippen LogP contribution >= 0.6 is 0 Å². The van der Waals surface area contributed by atoms with Crippen molar-refractivity contribution in [2.24, 2.45) is 0 Å². The third-order valence-electron chi connectivity index (χ3n) is 12.2. The minimum atomic E-state index is -0.780. The number of hydrogen-bond donors (Lipinski definition) is 0. The Balaban J connectivity index is 4.27. The summed E-state index contributed by atoms with van der Waals surface area (Å²) in [6.07, 6.45) is 67.9. The van der Waals surface area contributed by atoms with E-state index in [2.05, 4.69) is 81.5 Å². The van der Waals surface area contributed by atoms with Gasteiger partial charge in [0.05, 0.1) is 0 Å². The fourth-order valence-electron chi connectivity index (χ4n) is 7.95. The fourth-order valence-corrected chi connectivity index (χ4v) is 7.95. The van der Waals surface area contributed by atoms with Crippen LogP contribution in [0, 0.1) is 0 Å². The Bertz CT molecular complexity index is 1200. The Morgan fingerprint density at radius 1 is 0.303 bits per heavy atom. The van der Waals surface area contributed by atoms with Crippen LogP contribution in [0.5, 0.6) is 0 Å². The number of carbonyl (C=O) groups is 3. The zero-order valence-corrected chi connectivity index (χ0v) is 43.7. The molecular weight excluding hydrogens is 817 g/mol. The summed E-state index contributed by atoms with van der Waals surface area (Å²) in [4.78, 5) is 38.0. The van der Waals surface area contributed by atoms with Gasteiger partial charge in [0, 0.05) is 19.3 Å². The molecule has 0 aliphatic heterocycles. The molecule has 66 heavy (non-hydrogen) atoms. The summed E-state index contributed by atoms with van der Waals surface area (Å²) in [7, 11) is 0. The average Bonchev–Trinajstić information content (AvgIpc) is 3.31. The fraction of sp³-hybridized carbons (Fsp3) is 0.783. The average molecular weight is 924 g/mol. The lowest BCUT2D eigenvalue weighted by atomic mass is 10.1. The van der Waals surface area contributed by atoms with Gasteiger partial charge in [0.15, 0.2) is 6.10 Å². The first-order valence-corrected chi connectivity index (χ1v) is 28.3. The van der Waals surface area contributed by atoms with Crippen molar-refractivity contribution in [2.75, 3.05) is 13.2 Å². The van der Waals surface area contributed by atoms with E-state index in [-0.39, 0.29) is 31.1 Å². The second-order valence-electron chi connectivity index (χ2n) is 18.8. The summed E-state index contributed by atoms with van der Waals surface area (Å²) in [5, 5.41) is 0. The zero-order chi connectivity index (χ0) is 47.9. The first-order valence-electron chi connectivity index (χ1n) is 28.3. The second kappa shape index (κ2) is 54.7. The van der Waals surface area contributed by atoms with Gasteiger partial charge in [-0.2, -0.15) is 0 Å². The molecule has 6 heteroatoms. The van der Waals surface area contributed by atoms with Crippen LogP contribution < -0.4 is 0 Å². The van der Waals surface area contributed by atoms with Crippen molar-refractivity contribution in [3.8, 4) is 0 Å². The standard InChI is InChI=1S/C60H106O6/c1-4-7-10-13-16-19-21-23-25-27-29-30-32-33-35-37-39-41-44-47-50-53-59(62)65-56-57(55-64-58(61)52-49-46-43-18-15-12-9-6-3)66-60(63)54-51-48-45-42-40-38-36-34-31-28-26-24-22-20-17-14-11-8-5-2/h17,20-21,23-24,26-27,29,31,34,57H,4-16,18-19,22,25,28,30,32-33,35-56H2,1-3H3/b20-17-,23-21-,26-24-,29-27-,34-31-. The van der Waals surface area contributed by atoms with Gasteiger partial charge in [-0.3, -0.25) is 14.4 Å². The lowest BCUT2D eigenvalue weighted by molar-refractivity contribution is -0.167. The molecule has 0 aromatic rings. The van der Waals surface area contributed by atoms with Gasteiger partial charge in [0.1, 0.15) is 13.2 Å². The quantitative estimate of drug-likeness (QED) is 0.0262. The van der Waals surface area contributed by atoms with Crippen LogP contribution in [0.1, 0.15) is 284 Å². The van der Waals surface area contributed by atoms with Gasteiger partial charge in [-0.25, -0.2) is 0 Å². The van der Waals surface area contributed by atoms with Crippen molar-refractivity contribution in [2.45, 2.75) is 290 Å². The van der Waals surface area contributed by atoms with Crippen LogP contribution in [0.3, 0.4) is 0 Å². The molecule has 0 saturated carbocycles. The first kappa shape index (κ1) is 63.1. The molecule has 0 aliphatic rings. The van der Waals surface area contributed by atoms with E-state index in [1.165, 1.54) is 154 Å². The van der Waals surface area contributed by atoms with Crippen LogP contribution in [0.25, 0.3) is 0 Å². The number of carbonyl (C=O) groups excluding carboxylic acids is 3. The molecule has 6 nitrogen and oxygen atoms in total. The smallest absolute Gasteiger partial charge is 0.306 e. The van der Waals surface area contributed by atoms with Crippen molar-refractivity contribution in [3.05, 3.63) is 60.8 Å². The summed E-state index contributed by atoms with van der Waals surface area (Å²) < 4.78 is 16.8. The molecule has 0 aliphatic carbocycles. The highest BCUT2D eigenvalue weighted by atomic mass is 16.6. The van der Waals surface area contributed by atoms with Gasteiger partial charge < -0.3 is 14.2 Å². The summed E-state index contributed by atoms with van der Waals surface area (Å²) >= 11 is 0. The Morgan fingerprint density at radius 2 is 0.545 bits per heavy atom. The molecule has 1 atom stereocenters. The van der Waals surface area contributed by atoms with Crippen molar-refractivity contribution in [3.63, 3.8) is 0 Å². The number of allylic oxidation sites excluding steroid dienone is 10. The van der Waals surface area contributed by atoms with E-state index in [9.17, 15) is 14.4 Å². The van der Waals surface area contributed by atoms with Gasteiger partial charge in [0.2, 0.25) is 0 Å². The maximum Gasteiger partial charge on any atom is 0.306 e. The van der Waals surface area contributed by atoms with Crippen LogP contribution in [-0.4, -0.2) is 37.2 Å². The first-order chi connectivity index (χ1) is 32.5. The van der Waals surface area contributed by atoms with Gasteiger partial charge >= 0.3 is 17.9 Å². The molecule has 0 fully saturated rings. The summed E-state index contributed by atoms with van der Waals surface area (Å²) in [6, 6.07) is 0. The number of rotatable bonds is 51. The van der Waals surface area contributed by atoms with E-state index in [4.69, 9.17) is 14.2 Å². The number of ether oxygens (including phenoxy) is 3.